The van der Waals surface area contributed by atoms with Crippen LogP contribution in [0.25, 0.3) is 10.2 Å². The molecule has 0 aromatic carbocycles. The predicted molar refractivity (Wildman–Crippen MR) is 102 cm³/mol. The Hall–Kier alpha value is -2.20. The lowest BCUT2D eigenvalue weighted by molar-refractivity contribution is -0.126. The lowest BCUT2D eigenvalue weighted by Gasteiger charge is -2.22. The van der Waals surface area contributed by atoms with Gasteiger partial charge in [0.1, 0.15) is 17.0 Å². The molecule has 150 valence electrons. The van der Waals surface area contributed by atoms with E-state index >= 15 is 0 Å². The quantitative estimate of drug-likeness (QED) is 0.672. The second-order valence-corrected chi connectivity index (χ2v) is 8.14. The molecule has 2 N–H and O–H groups in total. The fraction of sp³-hybridized carbons (Fsp3) is 0.500. The smallest absolute Gasteiger partial charge is 0.356 e. The fourth-order valence-corrected chi connectivity index (χ4v) is 4.60. The minimum absolute atomic E-state index is 0.277. The van der Waals surface area contributed by atoms with Gasteiger partial charge in [-0.3, -0.25) is 5.10 Å². The van der Waals surface area contributed by atoms with Crippen LogP contribution >= 0.6 is 11.3 Å². The van der Waals surface area contributed by atoms with Gasteiger partial charge in [0, 0.05) is 42.3 Å². The van der Waals surface area contributed by atoms with E-state index < -0.39 is 12.6 Å². The van der Waals surface area contributed by atoms with Crippen LogP contribution < -0.4 is 10.2 Å². The Morgan fingerprint density at radius 2 is 2.14 bits per heavy atom. The van der Waals surface area contributed by atoms with Crippen LogP contribution in [0.5, 0.6) is 0 Å². The zero-order valence-corrected chi connectivity index (χ0v) is 16.0. The third-order valence-electron chi connectivity index (χ3n) is 4.91. The fourth-order valence-electron chi connectivity index (χ4n) is 3.58. The third kappa shape index (κ3) is 4.61. The van der Waals surface area contributed by atoms with Crippen LogP contribution in [-0.4, -0.2) is 45.5 Å². The molecule has 1 saturated heterocycles. The van der Waals surface area contributed by atoms with Crippen molar-refractivity contribution < 1.29 is 13.2 Å². The molecule has 28 heavy (non-hydrogen) atoms. The standard InChI is InChI=1S/C18H21F3N6S/c19-18(20,21)7-14-6-15-16(23-11-24-17(15)28-14)27-4-1-2-13(3-5-27)22-8-12-9-25-26-10-12/h6,9-11,13,22H,1-5,7-8H2,(H,25,26). The number of aromatic amines is 1. The highest BCUT2D eigenvalue weighted by molar-refractivity contribution is 7.18. The van der Waals surface area contributed by atoms with Gasteiger partial charge in [-0.15, -0.1) is 11.3 Å². The molecule has 1 atom stereocenters. The first-order chi connectivity index (χ1) is 13.5. The molecule has 0 saturated carbocycles. The van der Waals surface area contributed by atoms with E-state index in [0.29, 0.717) is 10.9 Å². The monoisotopic (exact) mass is 410 g/mol. The highest BCUT2D eigenvalue weighted by Gasteiger charge is 2.29. The average molecular weight is 410 g/mol. The number of aromatic nitrogens is 4. The molecule has 0 bridgehead atoms. The second kappa shape index (κ2) is 8.04. The number of hydrogen-bond donors (Lipinski definition) is 2. The summed E-state index contributed by atoms with van der Waals surface area (Å²) in [6, 6.07) is 1.99. The highest BCUT2D eigenvalue weighted by Crippen LogP contribution is 2.34. The van der Waals surface area contributed by atoms with Crippen molar-refractivity contribution in [2.45, 2.75) is 44.4 Å². The number of thiophene rings is 1. The van der Waals surface area contributed by atoms with Gasteiger partial charge in [-0.25, -0.2) is 9.97 Å². The van der Waals surface area contributed by atoms with Crippen LogP contribution in [-0.2, 0) is 13.0 Å². The maximum Gasteiger partial charge on any atom is 0.393 e. The number of rotatable bonds is 5. The number of anilines is 1. The van der Waals surface area contributed by atoms with Crippen molar-refractivity contribution in [3.05, 3.63) is 35.2 Å². The summed E-state index contributed by atoms with van der Waals surface area (Å²) in [5, 5.41) is 11.0. The molecule has 0 radical (unpaired) electrons. The normalized spacial score (nSPS) is 18.5. The largest absolute Gasteiger partial charge is 0.393 e. The molecule has 4 rings (SSSR count). The summed E-state index contributed by atoms with van der Waals surface area (Å²) >= 11 is 1.10. The van der Waals surface area contributed by atoms with Gasteiger partial charge in [0.15, 0.2) is 0 Å². The van der Waals surface area contributed by atoms with E-state index in [9.17, 15) is 13.2 Å². The van der Waals surface area contributed by atoms with Gasteiger partial charge >= 0.3 is 6.18 Å². The van der Waals surface area contributed by atoms with Gasteiger partial charge in [0.05, 0.1) is 18.0 Å². The zero-order chi connectivity index (χ0) is 19.6. The molecule has 0 spiro atoms. The van der Waals surface area contributed by atoms with E-state index in [4.69, 9.17) is 0 Å². The molecular formula is C18H21F3N6S. The Morgan fingerprint density at radius 1 is 1.25 bits per heavy atom. The van der Waals surface area contributed by atoms with Crippen molar-refractivity contribution in [1.82, 2.24) is 25.5 Å². The van der Waals surface area contributed by atoms with E-state index in [1.54, 1.807) is 6.07 Å². The number of hydrogen-bond acceptors (Lipinski definition) is 6. The van der Waals surface area contributed by atoms with Crippen molar-refractivity contribution >= 4 is 27.4 Å². The Labute approximate surface area is 164 Å². The van der Waals surface area contributed by atoms with Crippen molar-refractivity contribution in [1.29, 1.82) is 0 Å². The molecule has 0 aliphatic carbocycles. The predicted octanol–water partition coefficient (Wildman–Crippen LogP) is 3.67. The van der Waals surface area contributed by atoms with Gasteiger partial charge in [-0.05, 0) is 25.3 Å². The van der Waals surface area contributed by atoms with Crippen LogP contribution in [0.1, 0.15) is 29.7 Å². The summed E-state index contributed by atoms with van der Waals surface area (Å²) in [5.74, 6) is 0.741. The van der Waals surface area contributed by atoms with Gasteiger partial charge in [-0.1, -0.05) is 0 Å². The molecule has 3 aromatic rings. The van der Waals surface area contributed by atoms with E-state index in [1.165, 1.54) is 6.33 Å². The first-order valence-corrected chi connectivity index (χ1v) is 10.1. The van der Waals surface area contributed by atoms with Gasteiger partial charge in [-0.2, -0.15) is 18.3 Å². The van der Waals surface area contributed by atoms with Crippen molar-refractivity contribution in [2.24, 2.45) is 0 Å². The topological polar surface area (TPSA) is 69.7 Å². The maximum atomic E-state index is 12.7. The minimum Gasteiger partial charge on any atom is -0.356 e. The average Bonchev–Trinajstić information content (AvgIpc) is 3.23. The van der Waals surface area contributed by atoms with Crippen molar-refractivity contribution in [2.75, 3.05) is 18.0 Å². The lowest BCUT2D eigenvalue weighted by Crippen LogP contribution is -2.30. The number of alkyl halides is 3. The minimum atomic E-state index is -4.22. The molecule has 6 nitrogen and oxygen atoms in total. The van der Waals surface area contributed by atoms with Crippen molar-refractivity contribution in [3.63, 3.8) is 0 Å². The zero-order valence-electron chi connectivity index (χ0n) is 15.2. The maximum absolute atomic E-state index is 12.7. The molecule has 1 aliphatic rings. The highest BCUT2D eigenvalue weighted by atomic mass is 32.1. The summed E-state index contributed by atoms with van der Waals surface area (Å²) in [5.41, 5.74) is 1.12. The van der Waals surface area contributed by atoms with Crippen LogP contribution in [0, 0.1) is 0 Å². The van der Waals surface area contributed by atoms with Gasteiger partial charge in [0.2, 0.25) is 0 Å². The molecule has 0 amide bonds. The Kier molecular flexibility index (Phi) is 5.49. The van der Waals surface area contributed by atoms with E-state index in [-0.39, 0.29) is 4.88 Å². The number of nitrogens with one attached hydrogen (secondary N) is 2. The summed E-state index contributed by atoms with van der Waals surface area (Å²) in [6.07, 6.45) is 2.98. The van der Waals surface area contributed by atoms with Crippen LogP contribution in [0.4, 0.5) is 19.0 Å². The van der Waals surface area contributed by atoms with Crippen LogP contribution in [0.3, 0.4) is 0 Å². The summed E-state index contributed by atoms with van der Waals surface area (Å²) < 4.78 is 38.2. The summed E-state index contributed by atoms with van der Waals surface area (Å²) in [6.45, 7) is 2.41. The summed E-state index contributed by atoms with van der Waals surface area (Å²) in [7, 11) is 0. The molecule has 1 aliphatic heterocycles. The van der Waals surface area contributed by atoms with E-state index in [1.807, 2.05) is 12.4 Å². The molecule has 10 heteroatoms. The first kappa shape index (κ1) is 19.1. The van der Waals surface area contributed by atoms with Crippen LogP contribution in [0.15, 0.2) is 24.8 Å². The third-order valence-corrected chi connectivity index (χ3v) is 5.95. The molecule has 1 unspecified atom stereocenters. The number of nitrogens with zero attached hydrogens (tertiary/aromatic N) is 4. The Morgan fingerprint density at radius 3 is 2.93 bits per heavy atom. The van der Waals surface area contributed by atoms with E-state index in [2.05, 4.69) is 30.4 Å². The van der Waals surface area contributed by atoms with Gasteiger partial charge < -0.3 is 10.2 Å². The molecule has 4 heterocycles. The van der Waals surface area contributed by atoms with Crippen molar-refractivity contribution in [3.8, 4) is 0 Å². The molecule has 1 fully saturated rings. The number of fused-ring (bicyclic) bond motifs is 1. The lowest BCUT2D eigenvalue weighted by atomic mass is 10.1. The Bertz CT molecular complexity index is 908. The molecule has 3 aromatic heterocycles. The number of H-pyrrole nitrogens is 1. The van der Waals surface area contributed by atoms with Crippen LogP contribution in [0.2, 0.25) is 0 Å². The number of halogens is 3. The molecular weight excluding hydrogens is 389 g/mol. The Balaban J connectivity index is 1.45. The van der Waals surface area contributed by atoms with E-state index in [0.717, 1.165) is 67.0 Å². The first-order valence-electron chi connectivity index (χ1n) is 9.24. The summed E-state index contributed by atoms with van der Waals surface area (Å²) in [4.78, 5) is 11.6. The van der Waals surface area contributed by atoms with Gasteiger partial charge in [0.25, 0.3) is 0 Å². The SMILES string of the molecule is FC(F)(F)Cc1cc2c(N3CCCC(NCc4cn[nH]c4)CC3)ncnc2s1. The second-order valence-electron chi connectivity index (χ2n) is 7.02.